The largest absolute Gasteiger partial charge is 0.459 e. The molecule has 3 aromatic rings. The molecule has 1 aromatic heterocycles. The minimum Gasteiger partial charge on any atom is -0.459 e. The van der Waals surface area contributed by atoms with Crippen molar-refractivity contribution in [2.24, 2.45) is 0 Å². The Kier molecular flexibility index (Phi) is 10.4. The molecule has 1 N–H and O–H groups in total. The number of nitrogens with zero attached hydrogens (tertiary/aromatic N) is 2. The van der Waals surface area contributed by atoms with E-state index < -0.39 is 23.9 Å². The summed E-state index contributed by atoms with van der Waals surface area (Å²) in [7, 11) is 0. The van der Waals surface area contributed by atoms with Crippen LogP contribution in [0.15, 0.2) is 66.7 Å². The summed E-state index contributed by atoms with van der Waals surface area (Å²) in [6, 6.07) is 19.8. The van der Waals surface area contributed by atoms with Crippen LogP contribution in [0.5, 0.6) is 5.88 Å². The van der Waals surface area contributed by atoms with Crippen molar-refractivity contribution in [1.82, 2.24) is 9.88 Å². The highest BCUT2D eigenvalue weighted by Gasteiger charge is 2.53. The predicted octanol–water partition coefficient (Wildman–Crippen LogP) is 4.98. The number of benzene rings is 2. The van der Waals surface area contributed by atoms with Crippen molar-refractivity contribution in [2.75, 3.05) is 31.6 Å². The molecular formula is C32H35F2N3O6. The van der Waals surface area contributed by atoms with E-state index in [2.05, 4.69) is 15.0 Å². The summed E-state index contributed by atoms with van der Waals surface area (Å²) in [5.74, 6) is -1.56. The molecular weight excluding hydrogens is 560 g/mol. The number of esters is 1. The molecule has 43 heavy (non-hydrogen) atoms. The van der Waals surface area contributed by atoms with Gasteiger partial charge in [0, 0.05) is 18.8 Å². The van der Waals surface area contributed by atoms with Crippen molar-refractivity contribution in [2.45, 2.75) is 51.7 Å². The number of nitrogens with one attached hydrogen (secondary N) is 1. The van der Waals surface area contributed by atoms with Gasteiger partial charge in [-0.15, -0.1) is 0 Å². The third-order valence-corrected chi connectivity index (χ3v) is 7.18. The number of rotatable bonds is 13. The fraction of sp³-hybridized carbons (Fsp3) is 0.375. The van der Waals surface area contributed by atoms with Crippen molar-refractivity contribution < 1.29 is 37.4 Å². The Hall–Kier alpha value is -4.38. The van der Waals surface area contributed by atoms with Crippen LogP contribution in [0.25, 0.3) is 0 Å². The quantitative estimate of drug-likeness (QED) is 0.219. The summed E-state index contributed by atoms with van der Waals surface area (Å²) < 4.78 is 41.2. The van der Waals surface area contributed by atoms with E-state index in [-0.39, 0.29) is 62.7 Å². The first kappa shape index (κ1) is 31.6. The number of halogens is 2. The van der Waals surface area contributed by atoms with E-state index in [1.54, 1.807) is 13.0 Å². The number of carbonyl (C=O) groups is 3. The SMILES string of the molecule is Cc1ccc(NC(=O)C2(c3ccccc3C(C)C)CN(C(=O)CCOCC(=O)OCc3ccccc3)C2)c(OC(F)F)n1. The molecule has 4 rings (SSSR count). The Morgan fingerprint density at radius 2 is 1.70 bits per heavy atom. The first-order valence-electron chi connectivity index (χ1n) is 14.0. The molecule has 1 saturated heterocycles. The van der Waals surface area contributed by atoms with Gasteiger partial charge in [0.2, 0.25) is 17.7 Å². The molecule has 2 amide bonds. The molecule has 1 aliphatic rings. The number of pyridine rings is 1. The molecule has 0 aliphatic carbocycles. The highest BCUT2D eigenvalue weighted by Crippen LogP contribution is 2.40. The third kappa shape index (κ3) is 7.92. The van der Waals surface area contributed by atoms with Crippen LogP contribution in [0, 0.1) is 6.92 Å². The maximum atomic E-state index is 13.9. The Bertz CT molecular complexity index is 1430. The van der Waals surface area contributed by atoms with Gasteiger partial charge in [-0.1, -0.05) is 68.4 Å². The number of amides is 2. The average Bonchev–Trinajstić information content (AvgIpc) is 2.95. The molecule has 0 unspecified atom stereocenters. The number of likely N-dealkylation sites (tertiary alicyclic amines) is 1. The maximum Gasteiger partial charge on any atom is 0.388 e. The highest BCUT2D eigenvalue weighted by molar-refractivity contribution is 6.02. The Balaban J connectivity index is 1.40. The Morgan fingerprint density at radius 3 is 2.40 bits per heavy atom. The second-order valence-corrected chi connectivity index (χ2v) is 10.7. The number of anilines is 1. The molecule has 1 fully saturated rings. The van der Waals surface area contributed by atoms with E-state index in [1.165, 1.54) is 11.0 Å². The minimum atomic E-state index is -3.12. The fourth-order valence-corrected chi connectivity index (χ4v) is 4.95. The summed E-state index contributed by atoms with van der Waals surface area (Å²) in [5, 5.41) is 2.72. The highest BCUT2D eigenvalue weighted by atomic mass is 19.3. The molecule has 0 saturated carbocycles. The van der Waals surface area contributed by atoms with Crippen LogP contribution in [0.3, 0.4) is 0 Å². The lowest BCUT2D eigenvalue weighted by atomic mass is 9.69. The normalized spacial score (nSPS) is 13.9. The maximum absolute atomic E-state index is 13.9. The molecule has 2 aromatic carbocycles. The second kappa shape index (κ2) is 14.2. The van der Waals surface area contributed by atoms with Gasteiger partial charge < -0.3 is 24.4 Å². The van der Waals surface area contributed by atoms with E-state index in [4.69, 9.17) is 9.47 Å². The van der Waals surface area contributed by atoms with Crippen molar-refractivity contribution in [3.63, 3.8) is 0 Å². The summed E-state index contributed by atoms with van der Waals surface area (Å²) in [6.07, 6.45) is 0.00372. The van der Waals surface area contributed by atoms with Gasteiger partial charge in [0.15, 0.2) is 0 Å². The lowest BCUT2D eigenvalue weighted by molar-refractivity contribution is -0.152. The number of hydrogen-bond donors (Lipinski definition) is 1. The monoisotopic (exact) mass is 595 g/mol. The van der Waals surface area contributed by atoms with Crippen molar-refractivity contribution in [1.29, 1.82) is 0 Å². The minimum absolute atomic E-state index is 0.000903. The molecule has 11 heteroatoms. The van der Waals surface area contributed by atoms with Crippen LogP contribution in [-0.2, 0) is 35.9 Å². The molecule has 9 nitrogen and oxygen atoms in total. The summed E-state index contributed by atoms with van der Waals surface area (Å²) in [5.41, 5.74) is 1.86. The standard InChI is InChI=1S/C32H35F2N3O6/c1-21(2)24-11-7-8-12-25(24)32(30(40)36-26-14-13-22(3)35-29(26)43-31(33)34)19-37(20-32)27(38)15-16-41-18-28(39)42-17-23-9-5-4-6-10-23/h4-14,21,31H,15-20H2,1-3H3,(H,36,40). The van der Waals surface area contributed by atoms with Crippen LogP contribution in [0.1, 0.15) is 48.6 Å². The summed E-state index contributed by atoms with van der Waals surface area (Å²) >= 11 is 0. The van der Waals surface area contributed by atoms with Gasteiger partial charge in [-0.3, -0.25) is 9.59 Å². The predicted molar refractivity (Wildman–Crippen MR) is 155 cm³/mol. The van der Waals surface area contributed by atoms with Crippen LogP contribution in [0.4, 0.5) is 14.5 Å². The second-order valence-electron chi connectivity index (χ2n) is 10.7. The van der Waals surface area contributed by atoms with Crippen molar-refractivity contribution >= 4 is 23.5 Å². The van der Waals surface area contributed by atoms with Crippen LogP contribution < -0.4 is 10.1 Å². The number of carbonyl (C=O) groups excluding carboxylic acids is 3. The third-order valence-electron chi connectivity index (χ3n) is 7.18. The number of ether oxygens (including phenoxy) is 3. The number of aryl methyl sites for hydroxylation is 1. The fourth-order valence-electron chi connectivity index (χ4n) is 4.95. The van der Waals surface area contributed by atoms with Gasteiger partial charge in [-0.25, -0.2) is 9.78 Å². The van der Waals surface area contributed by atoms with Gasteiger partial charge in [-0.05, 0) is 41.7 Å². The first-order chi connectivity index (χ1) is 20.6. The summed E-state index contributed by atoms with van der Waals surface area (Å²) in [4.78, 5) is 44.4. The molecule has 0 bridgehead atoms. The first-order valence-corrected chi connectivity index (χ1v) is 14.0. The van der Waals surface area contributed by atoms with Crippen molar-refractivity contribution in [3.05, 3.63) is 89.1 Å². The molecule has 0 atom stereocenters. The Labute approximate surface area is 249 Å². The van der Waals surface area contributed by atoms with Gasteiger partial charge in [-0.2, -0.15) is 8.78 Å². The van der Waals surface area contributed by atoms with Crippen molar-refractivity contribution in [3.8, 4) is 5.88 Å². The van der Waals surface area contributed by atoms with E-state index in [0.717, 1.165) is 16.7 Å². The van der Waals surface area contributed by atoms with E-state index in [0.29, 0.717) is 5.69 Å². The van der Waals surface area contributed by atoms with Gasteiger partial charge in [0.25, 0.3) is 0 Å². The topological polar surface area (TPSA) is 107 Å². The smallest absolute Gasteiger partial charge is 0.388 e. The molecule has 0 spiro atoms. The lowest BCUT2D eigenvalue weighted by Crippen LogP contribution is -2.66. The molecule has 2 heterocycles. The number of alkyl halides is 2. The van der Waals surface area contributed by atoms with Crippen LogP contribution >= 0.6 is 0 Å². The van der Waals surface area contributed by atoms with E-state index in [1.807, 2.05) is 68.4 Å². The summed E-state index contributed by atoms with van der Waals surface area (Å²) in [6.45, 7) is 2.51. The molecule has 228 valence electrons. The lowest BCUT2D eigenvalue weighted by Gasteiger charge is -2.50. The number of hydrogen-bond acceptors (Lipinski definition) is 7. The van der Waals surface area contributed by atoms with Gasteiger partial charge in [0.05, 0.1) is 13.0 Å². The molecule has 1 aliphatic heterocycles. The number of aromatic nitrogens is 1. The van der Waals surface area contributed by atoms with Crippen LogP contribution in [0.2, 0.25) is 0 Å². The zero-order valence-electron chi connectivity index (χ0n) is 24.3. The molecule has 0 radical (unpaired) electrons. The Morgan fingerprint density at radius 1 is 1.00 bits per heavy atom. The van der Waals surface area contributed by atoms with E-state index >= 15 is 0 Å². The zero-order chi connectivity index (χ0) is 31.0. The van der Waals surface area contributed by atoms with Gasteiger partial charge in [0.1, 0.15) is 24.3 Å². The zero-order valence-corrected chi connectivity index (χ0v) is 24.3. The van der Waals surface area contributed by atoms with Gasteiger partial charge >= 0.3 is 12.6 Å². The van der Waals surface area contributed by atoms with E-state index in [9.17, 15) is 23.2 Å². The van der Waals surface area contributed by atoms with Crippen LogP contribution in [-0.4, -0.2) is 60.6 Å². The average molecular weight is 596 g/mol.